The first-order valence-corrected chi connectivity index (χ1v) is 10.3. The van der Waals surface area contributed by atoms with Crippen LogP contribution in [0.2, 0.25) is 0 Å². The first kappa shape index (κ1) is 22.0. The lowest BCUT2D eigenvalue weighted by Gasteiger charge is -2.09. The molecule has 142 valence electrons. The van der Waals surface area contributed by atoms with Crippen molar-refractivity contribution in [2.75, 3.05) is 38.7 Å². The van der Waals surface area contributed by atoms with Gasteiger partial charge in [-0.1, -0.05) is 33.7 Å². The Hall–Kier alpha value is -1.06. The third kappa shape index (κ3) is 12.0. The molecular weight excluding hydrogens is 373 g/mol. The fraction of sp³-hybridized carbons (Fsp3) is 0.562. The number of nitrogens with one attached hydrogen (secondary N) is 1. The summed E-state index contributed by atoms with van der Waals surface area (Å²) in [6.45, 7) is 1.64. The van der Waals surface area contributed by atoms with Crippen LogP contribution in [0.1, 0.15) is 12.0 Å². The van der Waals surface area contributed by atoms with Crippen molar-refractivity contribution in [1.82, 2.24) is 10.2 Å². The zero-order valence-corrected chi connectivity index (χ0v) is 15.9. The third-order valence-corrected chi connectivity index (χ3v) is 5.42. The van der Waals surface area contributed by atoms with Gasteiger partial charge in [0.2, 0.25) is 5.91 Å². The number of carbonyl (C=O) groups excluding carboxylic acids is 1. The molecule has 0 radical (unpaired) electrons. The molecule has 25 heavy (non-hydrogen) atoms. The largest absolute Gasteiger partial charge is 0.573 e. The summed E-state index contributed by atoms with van der Waals surface area (Å²) in [5.74, 6) is 1.59. The van der Waals surface area contributed by atoms with E-state index >= 15 is 0 Å². The maximum Gasteiger partial charge on any atom is 0.573 e. The minimum atomic E-state index is -4.71. The Bertz CT molecular complexity index is 511. The highest BCUT2D eigenvalue weighted by molar-refractivity contribution is 8.76. The van der Waals surface area contributed by atoms with E-state index in [1.165, 1.54) is 24.3 Å². The number of benzene rings is 1. The number of ether oxygens (including phenoxy) is 1. The Morgan fingerprint density at radius 3 is 2.40 bits per heavy atom. The highest BCUT2D eigenvalue weighted by Gasteiger charge is 2.30. The molecule has 1 rings (SSSR count). The summed E-state index contributed by atoms with van der Waals surface area (Å²) in [6.07, 6.45) is -3.69. The van der Waals surface area contributed by atoms with Crippen LogP contribution in [-0.4, -0.2) is 55.9 Å². The van der Waals surface area contributed by atoms with E-state index in [1.807, 2.05) is 24.9 Å². The van der Waals surface area contributed by atoms with E-state index in [-0.39, 0.29) is 18.1 Å². The smallest absolute Gasteiger partial charge is 0.406 e. The normalized spacial score (nSPS) is 11.6. The van der Waals surface area contributed by atoms with Gasteiger partial charge in [-0.3, -0.25) is 4.79 Å². The first-order valence-electron chi connectivity index (χ1n) is 7.77. The molecule has 1 amide bonds. The molecule has 0 heterocycles. The summed E-state index contributed by atoms with van der Waals surface area (Å²) >= 11 is 0. The van der Waals surface area contributed by atoms with Gasteiger partial charge >= 0.3 is 6.36 Å². The molecule has 0 aliphatic rings. The van der Waals surface area contributed by atoms with E-state index in [0.717, 1.165) is 24.5 Å². The van der Waals surface area contributed by atoms with Crippen molar-refractivity contribution in [2.24, 2.45) is 0 Å². The molecule has 4 nitrogen and oxygen atoms in total. The van der Waals surface area contributed by atoms with Gasteiger partial charge in [0.25, 0.3) is 0 Å². The molecule has 0 atom stereocenters. The molecule has 0 spiro atoms. The second kappa shape index (κ2) is 11.5. The van der Waals surface area contributed by atoms with Crippen LogP contribution in [0, 0.1) is 0 Å². The zero-order chi connectivity index (χ0) is 18.7. The molecule has 0 aliphatic heterocycles. The van der Waals surface area contributed by atoms with Gasteiger partial charge in [0, 0.05) is 24.6 Å². The van der Waals surface area contributed by atoms with E-state index in [1.54, 1.807) is 10.8 Å². The molecule has 0 unspecified atom stereocenters. The van der Waals surface area contributed by atoms with E-state index in [2.05, 4.69) is 15.0 Å². The van der Waals surface area contributed by atoms with Crippen molar-refractivity contribution in [2.45, 2.75) is 19.2 Å². The molecular formula is C16H23F3N2O2S2. The van der Waals surface area contributed by atoms with Gasteiger partial charge in [0.1, 0.15) is 5.75 Å². The van der Waals surface area contributed by atoms with Crippen molar-refractivity contribution < 1.29 is 22.7 Å². The molecule has 0 aliphatic carbocycles. The number of hydrogen-bond acceptors (Lipinski definition) is 5. The molecule has 0 fully saturated rings. The van der Waals surface area contributed by atoms with Gasteiger partial charge in [-0.15, -0.1) is 13.2 Å². The van der Waals surface area contributed by atoms with Crippen molar-refractivity contribution in [1.29, 1.82) is 0 Å². The van der Waals surface area contributed by atoms with Crippen LogP contribution < -0.4 is 10.1 Å². The topological polar surface area (TPSA) is 41.6 Å². The summed E-state index contributed by atoms with van der Waals surface area (Å²) in [7, 11) is 7.69. The predicted molar refractivity (Wildman–Crippen MR) is 97.9 cm³/mol. The summed E-state index contributed by atoms with van der Waals surface area (Å²) in [6, 6.07) is 5.32. The maximum absolute atomic E-state index is 12.1. The van der Waals surface area contributed by atoms with Crippen LogP contribution in [0.5, 0.6) is 5.75 Å². The highest BCUT2D eigenvalue weighted by atomic mass is 33.1. The SMILES string of the molecule is CN(C)CCSSCCCNC(=O)Cc1ccc(OC(F)(F)F)cc1. The number of nitrogens with zero attached hydrogens (tertiary/aromatic N) is 1. The Morgan fingerprint density at radius 1 is 1.16 bits per heavy atom. The lowest BCUT2D eigenvalue weighted by molar-refractivity contribution is -0.274. The fourth-order valence-electron chi connectivity index (χ4n) is 1.75. The van der Waals surface area contributed by atoms with Crippen LogP contribution in [0.15, 0.2) is 24.3 Å². The number of hydrogen-bond donors (Lipinski definition) is 1. The Morgan fingerprint density at radius 2 is 1.80 bits per heavy atom. The van der Waals surface area contributed by atoms with Gasteiger partial charge in [-0.25, -0.2) is 0 Å². The van der Waals surface area contributed by atoms with Crippen molar-refractivity contribution in [3.8, 4) is 5.75 Å². The molecule has 0 bridgehead atoms. The Balaban J connectivity index is 2.14. The number of halogens is 3. The highest BCUT2D eigenvalue weighted by Crippen LogP contribution is 2.23. The van der Waals surface area contributed by atoms with Gasteiger partial charge in [-0.05, 0) is 38.2 Å². The van der Waals surface area contributed by atoms with Crippen LogP contribution in [0.3, 0.4) is 0 Å². The number of amides is 1. The van der Waals surface area contributed by atoms with Gasteiger partial charge < -0.3 is 15.0 Å². The molecule has 1 aromatic rings. The van der Waals surface area contributed by atoms with Gasteiger partial charge in [0.15, 0.2) is 0 Å². The summed E-state index contributed by atoms with van der Waals surface area (Å²) in [4.78, 5) is 13.9. The standard InChI is InChI=1S/C16H23F3N2O2S2/c1-21(2)9-11-25-24-10-3-8-20-15(22)12-13-4-6-14(7-5-13)23-16(17,18)19/h4-7H,3,8-12H2,1-2H3,(H,20,22). The van der Waals surface area contributed by atoms with Gasteiger partial charge in [0.05, 0.1) is 6.42 Å². The van der Waals surface area contributed by atoms with Crippen LogP contribution in [0.25, 0.3) is 0 Å². The average molecular weight is 396 g/mol. The minimum Gasteiger partial charge on any atom is -0.406 e. The minimum absolute atomic E-state index is 0.136. The lowest BCUT2D eigenvalue weighted by Crippen LogP contribution is -2.26. The number of alkyl halides is 3. The second-order valence-corrected chi connectivity index (χ2v) is 8.22. The van der Waals surface area contributed by atoms with E-state index in [9.17, 15) is 18.0 Å². The zero-order valence-electron chi connectivity index (χ0n) is 14.3. The van der Waals surface area contributed by atoms with Crippen LogP contribution in [0.4, 0.5) is 13.2 Å². The van der Waals surface area contributed by atoms with Crippen LogP contribution >= 0.6 is 21.6 Å². The first-order chi connectivity index (χ1) is 11.8. The molecule has 9 heteroatoms. The molecule has 1 N–H and O–H groups in total. The quantitative estimate of drug-likeness (QED) is 0.457. The molecule has 0 saturated carbocycles. The van der Waals surface area contributed by atoms with Gasteiger partial charge in [-0.2, -0.15) is 0 Å². The Labute approximate surface area is 154 Å². The van der Waals surface area contributed by atoms with E-state index in [0.29, 0.717) is 12.1 Å². The van der Waals surface area contributed by atoms with Crippen molar-refractivity contribution in [3.05, 3.63) is 29.8 Å². The number of carbonyl (C=O) groups is 1. The molecule has 0 aromatic heterocycles. The molecule has 1 aromatic carbocycles. The second-order valence-electron chi connectivity index (χ2n) is 5.52. The summed E-state index contributed by atoms with van der Waals surface area (Å²) < 4.78 is 40.0. The summed E-state index contributed by atoms with van der Waals surface area (Å²) in [5.41, 5.74) is 0.639. The van der Waals surface area contributed by atoms with E-state index in [4.69, 9.17) is 0 Å². The Kier molecular flexibility index (Phi) is 10.1. The lowest BCUT2D eigenvalue weighted by atomic mass is 10.1. The predicted octanol–water partition coefficient (Wildman–Crippen LogP) is 3.58. The number of rotatable bonds is 11. The van der Waals surface area contributed by atoms with E-state index < -0.39 is 6.36 Å². The average Bonchev–Trinajstić information content (AvgIpc) is 2.50. The van der Waals surface area contributed by atoms with Crippen LogP contribution in [-0.2, 0) is 11.2 Å². The third-order valence-electron chi connectivity index (χ3n) is 2.95. The molecule has 0 saturated heterocycles. The fourth-order valence-corrected chi connectivity index (χ4v) is 3.98. The monoisotopic (exact) mass is 396 g/mol. The van der Waals surface area contributed by atoms with Crippen molar-refractivity contribution in [3.63, 3.8) is 0 Å². The van der Waals surface area contributed by atoms with Crippen molar-refractivity contribution >= 4 is 27.5 Å². The summed E-state index contributed by atoms with van der Waals surface area (Å²) in [5, 5.41) is 2.81. The maximum atomic E-state index is 12.1.